The largest absolute Gasteiger partial charge is 0.463 e. The number of carbonyl (C=O) groups is 3. The highest BCUT2D eigenvalue weighted by atomic mass is 16.6. The van der Waals surface area contributed by atoms with Gasteiger partial charge < -0.3 is 14.8 Å². The van der Waals surface area contributed by atoms with Crippen LogP contribution in [0.15, 0.2) is 35.5 Å². The average Bonchev–Trinajstić information content (AvgIpc) is 2.60. The zero-order valence-electron chi connectivity index (χ0n) is 14.3. The van der Waals surface area contributed by atoms with Crippen LogP contribution in [-0.4, -0.2) is 41.6 Å². The van der Waals surface area contributed by atoms with E-state index < -0.39 is 29.1 Å². The Morgan fingerprint density at radius 2 is 2.08 bits per heavy atom. The lowest BCUT2D eigenvalue weighted by atomic mass is 9.93. The van der Waals surface area contributed by atoms with Gasteiger partial charge in [0.05, 0.1) is 24.2 Å². The second-order valence-electron chi connectivity index (χ2n) is 5.28. The zero-order chi connectivity index (χ0) is 19.4. The molecule has 10 nitrogen and oxygen atoms in total. The van der Waals surface area contributed by atoms with Crippen LogP contribution in [0.4, 0.5) is 15.3 Å². The summed E-state index contributed by atoms with van der Waals surface area (Å²) in [7, 11) is 1.08. The van der Waals surface area contributed by atoms with E-state index in [4.69, 9.17) is 4.74 Å². The van der Waals surface area contributed by atoms with Crippen LogP contribution in [0.25, 0.3) is 0 Å². The molecule has 0 aromatic heterocycles. The normalized spacial score (nSPS) is 16.8. The maximum absolute atomic E-state index is 12.4. The second kappa shape index (κ2) is 7.64. The number of allylic oxidation sites excluding steroid dienone is 1. The predicted molar refractivity (Wildman–Crippen MR) is 87.9 cm³/mol. The summed E-state index contributed by atoms with van der Waals surface area (Å²) in [5.74, 6) is -0.754. The highest BCUT2D eigenvalue weighted by Gasteiger charge is 2.43. The monoisotopic (exact) mass is 363 g/mol. The van der Waals surface area contributed by atoms with Crippen molar-refractivity contribution in [3.63, 3.8) is 0 Å². The van der Waals surface area contributed by atoms with E-state index in [2.05, 4.69) is 10.1 Å². The molecule has 3 amide bonds. The Kier molecular flexibility index (Phi) is 5.55. The number of benzene rings is 1. The van der Waals surface area contributed by atoms with Crippen molar-refractivity contribution >= 4 is 23.8 Å². The van der Waals surface area contributed by atoms with E-state index in [0.29, 0.717) is 4.90 Å². The number of rotatable bonds is 4. The first-order chi connectivity index (χ1) is 12.3. The standard InChI is InChI=1S/C16H17N3O7/c1-4-26-14(20)12-9(2)17-15(21)18(16(22)25-3)13(12)10-6-5-7-11(8-10)19(23)24/h5-8,13H,4H2,1-3H3,(H,17,21)/t13-/m1/s1. The number of hydrogen-bond acceptors (Lipinski definition) is 7. The number of carbonyl (C=O) groups excluding carboxylic acids is 3. The molecule has 0 saturated heterocycles. The molecule has 10 heteroatoms. The molecule has 1 aliphatic rings. The number of non-ortho nitro benzene ring substituents is 1. The first kappa shape index (κ1) is 18.9. The van der Waals surface area contributed by atoms with Gasteiger partial charge in [-0.05, 0) is 19.4 Å². The third-order valence-corrected chi connectivity index (χ3v) is 3.71. The third kappa shape index (κ3) is 3.48. The summed E-state index contributed by atoms with van der Waals surface area (Å²) in [5.41, 5.74) is 0.114. The fourth-order valence-electron chi connectivity index (χ4n) is 2.62. The average molecular weight is 363 g/mol. The molecular formula is C16H17N3O7. The first-order valence-electron chi connectivity index (χ1n) is 7.62. The Balaban J connectivity index is 2.68. The molecule has 0 saturated carbocycles. The van der Waals surface area contributed by atoms with Gasteiger partial charge in [-0.25, -0.2) is 19.3 Å². The number of amides is 3. The van der Waals surface area contributed by atoms with E-state index in [1.165, 1.54) is 31.2 Å². The van der Waals surface area contributed by atoms with Crippen molar-refractivity contribution in [2.45, 2.75) is 19.9 Å². The van der Waals surface area contributed by atoms with Crippen molar-refractivity contribution in [2.24, 2.45) is 0 Å². The van der Waals surface area contributed by atoms with Crippen LogP contribution in [0.1, 0.15) is 25.5 Å². The number of methoxy groups -OCH3 is 1. The topological polar surface area (TPSA) is 128 Å². The van der Waals surface area contributed by atoms with Crippen LogP contribution in [0.2, 0.25) is 0 Å². The van der Waals surface area contributed by atoms with Crippen molar-refractivity contribution in [3.8, 4) is 0 Å². The van der Waals surface area contributed by atoms with E-state index >= 15 is 0 Å². The van der Waals surface area contributed by atoms with Crippen LogP contribution in [0, 0.1) is 10.1 Å². The van der Waals surface area contributed by atoms with Crippen molar-refractivity contribution in [1.82, 2.24) is 10.2 Å². The Morgan fingerprint density at radius 1 is 1.38 bits per heavy atom. The minimum Gasteiger partial charge on any atom is -0.463 e. The molecule has 0 fully saturated rings. The van der Waals surface area contributed by atoms with Crippen molar-refractivity contribution in [2.75, 3.05) is 13.7 Å². The van der Waals surface area contributed by atoms with E-state index in [9.17, 15) is 24.5 Å². The van der Waals surface area contributed by atoms with Gasteiger partial charge in [0.25, 0.3) is 5.69 Å². The summed E-state index contributed by atoms with van der Waals surface area (Å²) in [4.78, 5) is 48.0. The van der Waals surface area contributed by atoms with E-state index in [-0.39, 0.29) is 29.1 Å². The number of urea groups is 1. The molecule has 0 spiro atoms. The van der Waals surface area contributed by atoms with Crippen molar-refractivity contribution < 1.29 is 28.8 Å². The van der Waals surface area contributed by atoms with Gasteiger partial charge in [0, 0.05) is 17.8 Å². The van der Waals surface area contributed by atoms with Gasteiger partial charge in [-0.2, -0.15) is 0 Å². The summed E-state index contributed by atoms with van der Waals surface area (Å²) in [6.45, 7) is 3.15. The molecule has 0 radical (unpaired) electrons. The van der Waals surface area contributed by atoms with Crippen LogP contribution >= 0.6 is 0 Å². The Morgan fingerprint density at radius 3 is 2.65 bits per heavy atom. The Bertz CT molecular complexity index is 803. The SMILES string of the molecule is CCOC(=O)C1=C(C)NC(=O)N(C(=O)OC)[C@@H]1c1cccc([N+](=O)[O-])c1. The minimum absolute atomic E-state index is 0.0163. The molecule has 2 rings (SSSR count). The molecule has 26 heavy (non-hydrogen) atoms. The van der Waals surface area contributed by atoms with Gasteiger partial charge in [-0.1, -0.05) is 12.1 Å². The van der Waals surface area contributed by atoms with Crippen molar-refractivity contribution in [1.29, 1.82) is 0 Å². The van der Waals surface area contributed by atoms with E-state index in [1.807, 2.05) is 0 Å². The maximum Gasteiger partial charge on any atom is 0.418 e. The molecule has 138 valence electrons. The lowest BCUT2D eigenvalue weighted by Gasteiger charge is -2.35. The van der Waals surface area contributed by atoms with E-state index in [1.54, 1.807) is 6.92 Å². The van der Waals surface area contributed by atoms with E-state index in [0.717, 1.165) is 7.11 Å². The summed E-state index contributed by atoms with van der Waals surface area (Å²) in [6, 6.07) is 3.27. The molecule has 1 aliphatic heterocycles. The highest BCUT2D eigenvalue weighted by molar-refractivity contribution is 6.00. The maximum atomic E-state index is 12.4. The molecule has 0 unspecified atom stereocenters. The number of nitro benzene ring substituents is 1. The number of ether oxygens (including phenoxy) is 2. The van der Waals surface area contributed by atoms with Gasteiger partial charge >= 0.3 is 18.1 Å². The molecule has 1 N–H and O–H groups in total. The lowest BCUT2D eigenvalue weighted by molar-refractivity contribution is -0.384. The predicted octanol–water partition coefficient (Wildman–Crippen LogP) is 2.26. The number of nitrogens with zero attached hydrogens (tertiary/aromatic N) is 2. The van der Waals surface area contributed by atoms with Gasteiger partial charge in [-0.15, -0.1) is 0 Å². The molecule has 1 aromatic carbocycles. The smallest absolute Gasteiger partial charge is 0.418 e. The van der Waals surface area contributed by atoms with Gasteiger partial charge in [0.1, 0.15) is 6.04 Å². The number of imide groups is 1. The number of esters is 1. The number of nitro groups is 1. The van der Waals surface area contributed by atoms with Gasteiger partial charge in [-0.3, -0.25) is 10.1 Å². The van der Waals surface area contributed by atoms with Crippen molar-refractivity contribution in [3.05, 3.63) is 51.2 Å². The second-order valence-corrected chi connectivity index (χ2v) is 5.28. The molecule has 1 heterocycles. The summed E-state index contributed by atoms with van der Waals surface area (Å²) in [6.07, 6.45) is -1.02. The Hall–Kier alpha value is -3.43. The molecule has 1 atom stereocenters. The summed E-state index contributed by atoms with van der Waals surface area (Å²) < 4.78 is 9.65. The highest BCUT2D eigenvalue weighted by Crippen LogP contribution is 2.36. The summed E-state index contributed by atoms with van der Waals surface area (Å²) in [5, 5.41) is 13.5. The fourth-order valence-corrected chi connectivity index (χ4v) is 2.62. The van der Waals surface area contributed by atoms with Crippen LogP contribution in [0.5, 0.6) is 0 Å². The first-order valence-corrected chi connectivity index (χ1v) is 7.62. The number of hydrogen-bond donors (Lipinski definition) is 1. The van der Waals surface area contributed by atoms with Gasteiger partial charge in [0.2, 0.25) is 0 Å². The van der Waals surface area contributed by atoms with Crippen LogP contribution in [0.3, 0.4) is 0 Å². The minimum atomic E-state index is -1.23. The Labute approximate surface area is 148 Å². The molecule has 0 aliphatic carbocycles. The zero-order valence-corrected chi connectivity index (χ0v) is 14.3. The van der Waals surface area contributed by atoms with Gasteiger partial charge in [0.15, 0.2) is 0 Å². The number of nitrogens with one attached hydrogen (secondary N) is 1. The van der Waals surface area contributed by atoms with Crippen LogP contribution < -0.4 is 5.32 Å². The summed E-state index contributed by atoms with van der Waals surface area (Å²) >= 11 is 0. The van der Waals surface area contributed by atoms with Crippen LogP contribution in [-0.2, 0) is 14.3 Å². The third-order valence-electron chi connectivity index (χ3n) is 3.71. The molecule has 0 bridgehead atoms. The quantitative estimate of drug-likeness (QED) is 0.493. The molecular weight excluding hydrogens is 346 g/mol. The fraction of sp³-hybridized carbons (Fsp3) is 0.312. The molecule has 1 aromatic rings. The lowest BCUT2D eigenvalue weighted by Crippen LogP contribution is -2.51.